The minimum atomic E-state index is -0.682. The third-order valence-electron chi connectivity index (χ3n) is 3.71. The van der Waals surface area contributed by atoms with Crippen LogP contribution in [-0.4, -0.2) is 65.1 Å². The summed E-state index contributed by atoms with van der Waals surface area (Å²) < 4.78 is 0. The van der Waals surface area contributed by atoms with Gasteiger partial charge < -0.3 is 20.6 Å². The first-order valence-corrected chi connectivity index (χ1v) is 8.80. The number of unbranched alkanes of at least 4 members (excludes halogenated alkanes) is 1. The predicted octanol–water partition coefficient (Wildman–Crippen LogP) is 1.45. The van der Waals surface area contributed by atoms with Crippen molar-refractivity contribution in [3.8, 4) is 0 Å². The Morgan fingerprint density at radius 2 is 2.23 bits per heavy atom. The summed E-state index contributed by atoms with van der Waals surface area (Å²) >= 11 is 1.64. The van der Waals surface area contributed by atoms with Crippen molar-refractivity contribution in [3.05, 3.63) is 6.07 Å². The second-order valence-electron chi connectivity index (χ2n) is 6.27. The third kappa shape index (κ3) is 4.72. The van der Waals surface area contributed by atoms with Crippen molar-refractivity contribution in [2.24, 2.45) is 0 Å². The lowest BCUT2D eigenvalue weighted by atomic mass is 10.0. The third-order valence-corrected chi connectivity index (χ3v) is 4.64. The average Bonchev–Trinajstić information content (AvgIpc) is 2.80. The topological polar surface area (TPSA) is 78.5 Å². The van der Waals surface area contributed by atoms with Gasteiger partial charge in [-0.15, -0.1) is 0 Å². The zero-order valence-electron chi connectivity index (χ0n) is 13.7. The molecule has 1 aliphatic heterocycles. The second-order valence-corrected chi connectivity index (χ2v) is 7.33. The number of aliphatic hydroxyl groups is 1. The van der Waals surface area contributed by atoms with Crippen LogP contribution in [0.3, 0.4) is 0 Å². The molecule has 7 heteroatoms. The van der Waals surface area contributed by atoms with Gasteiger partial charge in [-0.3, -0.25) is 0 Å². The summed E-state index contributed by atoms with van der Waals surface area (Å²) in [4.78, 5) is 13.0. The van der Waals surface area contributed by atoms with Crippen molar-refractivity contribution in [2.75, 3.05) is 50.1 Å². The number of nitrogens with two attached hydrogens (primary N) is 1. The maximum absolute atomic E-state index is 10.6. The molecule has 22 heavy (non-hydrogen) atoms. The fourth-order valence-corrected chi connectivity index (χ4v) is 3.68. The Hall–Kier alpha value is -1.05. The molecule has 124 valence electrons. The molecule has 0 aromatic carbocycles. The molecule has 3 N–H and O–H groups in total. The van der Waals surface area contributed by atoms with Crippen LogP contribution in [0.25, 0.3) is 0 Å². The van der Waals surface area contributed by atoms with Gasteiger partial charge >= 0.3 is 0 Å². The number of hydrogen-bond acceptors (Lipinski definition) is 7. The van der Waals surface area contributed by atoms with E-state index in [1.165, 1.54) is 0 Å². The molecule has 1 atom stereocenters. The zero-order chi connectivity index (χ0) is 16.2. The van der Waals surface area contributed by atoms with Gasteiger partial charge in [-0.25, -0.2) is 9.97 Å². The molecule has 0 aliphatic carbocycles. The Bertz CT molecular complexity index is 499. The van der Waals surface area contributed by atoms with Gasteiger partial charge in [0.05, 0.1) is 5.60 Å². The van der Waals surface area contributed by atoms with Gasteiger partial charge in [-0.05, 0) is 26.9 Å². The van der Waals surface area contributed by atoms with Crippen molar-refractivity contribution in [1.82, 2.24) is 14.9 Å². The Balaban J connectivity index is 2.06. The van der Waals surface area contributed by atoms with Gasteiger partial charge in [0.1, 0.15) is 11.6 Å². The molecule has 1 saturated heterocycles. The maximum atomic E-state index is 10.6. The van der Waals surface area contributed by atoms with Crippen molar-refractivity contribution in [2.45, 2.75) is 36.9 Å². The SMILES string of the molecule is CCCCSc1nc(N)cc(N2CC[C@@](O)(CN(C)C)C2)n1. The van der Waals surface area contributed by atoms with Crippen LogP contribution in [0.4, 0.5) is 11.6 Å². The average molecular weight is 325 g/mol. The molecular formula is C15H27N5OS. The Kier molecular flexibility index (Phi) is 5.88. The minimum absolute atomic E-state index is 0.493. The van der Waals surface area contributed by atoms with E-state index in [2.05, 4.69) is 21.8 Å². The monoisotopic (exact) mass is 325 g/mol. The van der Waals surface area contributed by atoms with Gasteiger partial charge in [0.25, 0.3) is 0 Å². The number of aromatic nitrogens is 2. The first-order chi connectivity index (χ1) is 10.4. The van der Waals surface area contributed by atoms with E-state index >= 15 is 0 Å². The molecule has 0 unspecified atom stereocenters. The highest BCUT2D eigenvalue weighted by atomic mass is 32.2. The lowest BCUT2D eigenvalue weighted by Crippen LogP contribution is -2.42. The number of hydrogen-bond donors (Lipinski definition) is 2. The highest BCUT2D eigenvalue weighted by Gasteiger charge is 2.37. The molecule has 0 bridgehead atoms. The molecular weight excluding hydrogens is 298 g/mol. The number of thioether (sulfide) groups is 1. The number of nitrogens with zero attached hydrogens (tertiary/aromatic N) is 4. The highest BCUT2D eigenvalue weighted by Crippen LogP contribution is 2.28. The quantitative estimate of drug-likeness (QED) is 0.446. The summed E-state index contributed by atoms with van der Waals surface area (Å²) in [6, 6.07) is 1.80. The largest absolute Gasteiger partial charge is 0.387 e. The number of β-amino-alcohol motifs (C(OH)–C–C–N with tert-alkyl or cyclic N) is 1. The summed E-state index contributed by atoms with van der Waals surface area (Å²) in [5.41, 5.74) is 5.24. The summed E-state index contributed by atoms with van der Waals surface area (Å²) in [7, 11) is 3.96. The molecule has 1 fully saturated rings. The summed E-state index contributed by atoms with van der Waals surface area (Å²) in [6.07, 6.45) is 3.05. The molecule has 1 aliphatic rings. The van der Waals surface area contributed by atoms with Gasteiger partial charge in [-0.2, -0.15) is 0 Å². The molecule has 2 rings (SSSR count). The molecule has 2 heterocycles. The van der Waals surface area contributed by atoms with Crippen LogP contribution in [-0.2, 0) is 0 Å². The molecule has 1 aromatic heterocycles. The van der Waals surface area contributed by atoms with E-state index < -0.39 is 5.60 Å². The normalized spacial score (nSPS) is 21.8. The van der Waals surface area contributed by atoms with E-state index in [9.17, 15) is 5.11 Å². The van der Waals surface area contributed by atoms with E-state index in [-0.39, 0.29) is 0 Å². The molecule has 0 spiro atoms. The van der Waals surface area contributed by atoms with Crippen molar-refractivity contribution < 1.29 is 5.11 Å². The lowest BCUT2D eigenvalue weighted by molar-refractivity contribution is 0.0365. The number of likely N-dealkylation sites (N-methyl/N-ethyl adjacent to an activating group) is 1. The van der Waals surface area contributed by atoms with Gasteiger partial charge in [0.15, 0.2) is 5.16 Å². The lowest BCUT2D eigenvalue weighted by Gasteiger charge is -2.27. The van der Waals surface area contributed by atoms with Crippen LogP contribution in [0.2, 0.25) is 0 Å². The fourth-order valence-electron chi connectivity index (χ4n) is 2.73. The first-order valence-electron chi connectivity index (χ1n) is 7.81. The number of anilines is 2. The predicted molar refractivity (Wildman–Crippen MR) is 92.4 cm³/mol. The van der Waals surface area contributed by atoms with E-state index in [1.54, 1.807) is 17.8 Å². The number of rotatable bonds is 7. The van der Waals surface area contributed by atoms with Crippen molar-refractivity contribution in [3.63, 3.8) is 0 Å². The summed E-state index contributed by atoms with van der Waals surface area (Å²) in [5, 5.41) is 11.4. The Morgan fingerprint density at radius 3 is 2.91 bits per heavy atom. The Labute approximate surface area is 137 Å². The van der Waals surface area contributed by atoms with Crippen LogP contribution in [0, 0.1) is 0 Å². The van der Waals surface area contributed by atoms with Crippen LogP contribution in [0.5, 0.6) is 0 Å². The van der Waals surface area contributed by atoms with E-state index in [1.807, 2.05) is 19.0 Å². The van der Waals surface area contributed by atoms with Crippen LogP contribution >= 0.6 is 11.8 Å². The van der Waals surface area contributed by atoms with E-state index in [0.29, 0.717) is 18.9 Å². The standard InChI is InChI=1S/C15H27N5OS/c1-4-5-8-22-14-17-12(16)9-13(18-14)20-7-6-15(21,11-20)10-19(2)3/h9,21H,4-8,10-11H2,1-3H3,(H2,16,17,18)/t15-/m1/s1. The second kappa shape index (κ2) is 7.48. The first kappa shape index (κ1) is 17.3. The van der Waals surface area contributed by atoms with Crippen LogP contribution in [0.1, 0.15) is 26.2 Å². The maximum Gasteiger partial charge on any atom is 0.191 e. The van der Waals surface area contributed by atoms with Gasteiger partial charge in [0, 0.05) is 31.5 Å². The summed E-state index contributed by atoms with van der Waals surface area (Å²) in [6.45, 7) is 4.20. The smallest absolute Gasteiger partial charge is 0.191 e. The fraction of sp³-hybridized carbons (Fsp3) is 0.733. The molecule has 0 saturated carbocycles. The number of nitrogen functional groups attached to an aromatic ring is 1. The zero-order valence-corrected chi connectivity index (χ0v) is 14.6. The van der Waals surface area contributed by atoms with Crippen LogP contribution in [0.15, 0.2) is 11.2 Å². The molecule has 0 amide bonds. The Morgan fingerprint density at radius 1 is 1.45 bits per heavy atom. The summed E-state index contributed by atoms with van der Waals surface area (Å²) in [5.74, 6) is 2.32. The van der Waals surface area contributed by atoms with Crippen molar-refractivity contribution >= 4 is 23.4 Å². The highest BCUT2D eigenvalue weighted by molar-refractivity contribution is 7.99. The molecule has 1 aromatic rings. The van der Waals surface area contributed by atoms with Gasteiger partial charge in [0.2, 0.25) is 0 Å². The molecule has 6 nitrogen and oxygen atoms in total. The minimum Gasteiger partial charge on any atom is -0.387 e. The van der Waals surface area contributed by atoms with Crippen molar-refractivity contribution in [1.29, 1.82) is 0 Å². The van der Waals surface area contributed by atoms with Crippen LogP contribution < -0.4 is 10.6 Å². The van der Waals surface area contributed by atoms with E-state index in [4.69, 9.17) is 5.73 Å². The van der Waals surface area contributed by atoms with Gasteiger partial charge in [-0.1, -0.05) is 25.1 Å². The molecule has 0 radical (unpaired) electrons. The van der Waals surface area contributed by atoms with E-state index in [0.717, 1.165) is 42.5 Å².